The summed E-state index contributed by atoms with van der Waals surface area (Å²) < 4.78 is 39.4. The van der Waals surface area contributed by atoms with Crippen LogP contribution >= 0.6 is 0 Å². The van der Waals surface area contributed by atoms with Gasteiger partial charge < -0.3 is 19.9 Å². The highest BCUT2D eigenvalue weighted by atomic mass is 32.2. The van der Waals surface area contributed by atoms with Crippen LogP contribution in [0.4, 0.5) is 0 Å². The van der Waals surface area contributed by atoms with E-state index in [-0.39, 0.29) is 36.9 Å². The molecule has 0 aromatic heterocycles. The normalized spacial score (nSPS) is 14.1. The molecule has 0 saturated carbocycles. The van der Waals surface area contributed by atoms with E-state index < -0.39 is 45.4 Å². The Bertz CT molecular complexity index is 1480. The molecule has 3 rings (SSSR count). The van der Waals surface area contributed by atoms with E-state index >= 15 is 0 Å². The number of carbonyl (C=O) groups is 2. The first-order valence-corrected chi connectivity index (χ1v) is 16.6. The van der Waals surface area contributed by atoms with Crippen LogP contribution in [0.1, 0.15) is 45.7 Å². The van der Waals surface area contributed by atoms with Gasteiger partial charge in [0.25, 0.3) is 0 Å². The monoisotopic (exact) mass is 638 g/mol. The SMILES string of the molecule is COc1ccc(S(=O)(=O)N(CC(C)C)C[C@@H](O)C(Cc2ccccc2)NC(=O)[C@H](C)C(C)(C)C(=O)OCc2ccccc2)cc1. The molecule has 0 spiro atoms. The van der Waals surface area contributed by atoms with E-state index in [0.29, 0.717) is 5.75 Å². The Labute approximate surface area is 267 Å². The minimum absolute atomic E-state index is 0.0323. The van der Waals surface area contributed by atoms with Crippen molar-refractivity contribution in [2.24, 2.45) is 17.3 Å². The zero-order chi connectivity index (χ0) is 33.2. The third-order valence-corrected chi connectivity index (χ3v) is 9.81. The van der Waals surface area contributed by atoms with Crippen LogP contribution in [0.2, 0.25) is 0 Å². The summed E-state index contributed by atoms with van der Waals surface area (Å²) >= 11 is 0. The summed E-state index contributed by atoms with van der Waals surface area (Å²) in [6.07, 6.45) is -1.02. The number of nitrogens with zero attached hydrogens (tertiary/aromatic N) is 1. The molecule has 3 aromatic rings. The second kappa shape index (κ2) is 16.0. The first-order chi connectivity index (χ1) is 21.2. The minimum atomic E-state index is -3.99. The summed E-state index contributed by atoms with van der Waals surface area (Å²) in [7, 11) is -2.49. The standard InChI is InChI=1S/C35H46N2O7S/c1-25(2)22-37(45(41,42)30-19-17-29(43-6)18-20-30)23-32(38)31(21-27-13-9-7-10-14-27)36-33(39)26(3)35(4,5)34(40)44-24-28-15-11-8-12-16-28/h7-20,25-26,31-32,38H,21-24H2,1-6H3,(H,36,39)/t26-,31?,32+/m0/s1. The second-order valence-corrected chi connectivity index (χ2v) is 14.2. The number of amides is 1. The molecule has 10 heteroatoms. The van der Waals surface area contributed by atoms with Crippen LogP contribution in [0.5, 0.6) is 5.75 Å². The number of nitrogens with one attached hydrogen (secondary N) is 1. The van der Waals surface area contributed by atoms with Gasteiger partial charge in [-0.2, -0.15) is 4.31 Å². The maximum absolute atomic E-state index is 13.7. The Morgan fingerprint density at radius 1 is 0.867 bits per heavy atom. The first kappa shape index (κ1) is 35.7. The summed E-state index contributed by atoms with van der Waals surface area (Å²) in [4.78, 5) is 26.8. The number of rotatable bonds is 16. The smallest absolute Gasteiger partial charge is 0.312 e. The van der Waals surface area contributed by atoms with Crippen molar-refractivity contribution < 1.29 is 32.6 Å². The molecule has 0 aliphatic rings. The van der Waals surface area contributed by atoms with Gasteiger partial charge in [-0.3, -0.25) is 9.59 Å². The van der Waals surface area contributed by atoms with E-state index in [4.69, 9.17) is 9.47 Å². The average Bonchev–Trinajstić information content (AvgIpc) is 3.03. The zero-order valence-corrected chi connectivity index (χ0v) is 27.8. The highest BCUT2D eigenvalue weighted by Crippen LogP contribution is 2.29. The molecule has 0 aliphatic carbocycles. The number of ether oxygens (including phenoxy) is 2. The molecule has 0 fully saturated rings. The van der Waals surface area contributed by atoms with Gasteiger partial charge in [0.1, 0.15) is 12.4 Å². The third-order valence-electron chi connectivity index (χ3n) is 7.96. The van der Waals surface area contributed by atoms with Gasteiger partial charge in [0.15, 0.2) is 0 Å². The number of carbonyl (C=O) groups excluding carboxylic acids is 2. The molecule has 0 aliphatic heterocycles. The van der Waals surface area contributed by atoms with Gasteiger partial charge in [0.2, 0.25) is 15.9 Å². The lowest BCUT2D eigenvalue weighted by molar-refractivity contribution is -0.161. The van der Waals surface area contributed by atoms with Crippen LogP contribution in [0.3, 0.4) is 0 Å². The van der Waals surface area contributed by atoms with Crippen molar-refractivity contribution in [3.63, 3.8) is 0 Å². The average molecular weight is 639 g/mol. The third kappa shape index (κ3) is 9.88. The predicted molar refractivity (Wildman–Crippen MR) is 174 cm³/mol. The van der Waals surface area contributed by atoms with E-state index in [1.165, 1.54) is 23.5 Å². The molecule has 3 atom stereocenters. The number of sulfonamides is 1. The maximum Gasteiger partial charge on any atom is 0.312 e. The highest BCUT2D eigenvalue weighted by Gasteiger charge is 2.41. The van der Waals surface area contributed by atoms with Crippen molar-refractivity contribution in [3.8, 4) is 5.75 Å². The summed E-state index contributed by atoms with van der Waals surface area (Å²) in [6, 6.07) is 23.8. The minimum Gasteiger partial charge on any atom is -0.497 e. The Morgan fingerprint density at radius 3 is 1.96 bits per heavy atom. The molecule has 0 saturated heterocycles. The maximum atomic E-state index is 13.7. The fourth-order valence-electron chi connectivity index (χ4n) is 4.78. The van der Waals surface area contributed by atoms with Gasteiger partial charge >= 0.3 is 5.97 Å². The van der Waals surface area contributed by atoms with E-state index in [9.17, 15) is 23.1 Å². The lowest BCUT2D eigenvalue weighted by atomic mass is 9.79. The van der Waals surface area contributed by atoms with Crippen molar-refractivity contribution in [2.45, 2.75) is 64.7 Å². The summed E-state index contributed by atoms with van der Waals surface area (Å²) in [6.45, 7) is 8.73. The van der Waals surface area contributed by atoms with Crippen LogP contribution in [0.15, 0.2) is 89.8 Å². The summed E-state index contributed by atoms with van der Waals surface area (Å²) in [5.41, 5.74) is 0.507. The predicted octanol–water partition coefficient (Wildman–Crippen LogP) is 4.84. The van der Waals surface area contributed by atoms with Crippen molar-refractivity contribution in [1.82, 2.24) is 9.62 Å². The van der Waals surface area contributed by atoms with E-state index in [1.54, 1.807) is 32.9 Å². The largest absolute Gasteiger partial charge is 0.497 e. The van der Waals surface area contributed by atoms with Crippen molar-refractivity contribution in [3.05, 3.63) is 96.1 Å². The topological polar surface area (TPSA) is 122 Å². The van der Waals surface area contributed by atoms with Crippen molar-refractivity contribution >= 4 is 21.9 Å². The molecule has 1 unspecified atom stereocenters. The van der Waals surface area contributed by atoms with Crippen LogP contribution < -0.4 is 10.1 Å². The number of methoxy groups -OCH3 is 1. The van der Waals surface area contributed by atoms with E-state index in [2.05, 4.69) is 5.32 Å². The van der Waals surface area contributed by atoms with E-state index in [0.717, 1.165) is 11.1 Å². The van der Waals surface area contributed by atoms with Gasteiger partial charge in [-0.15, -0.1) is 0 Å². The van der Waals surface area contributed by atoms with Gasteiger partial charge in [-0.05, 0) is 61.6 Å². The molecule has 3 aromatic carbocycles. The molecule has 0 bridgehead atoms. The lowest BCUT2D eigenvalue weighted by Crippen LogP contribution is -2.53. The lowest BCUT2D eigenvalue weighted by Gasteiger charge is -2.33. The fourth-order valence-corrected chi connectivity index (χ4v) is 6.40. The molecular weight excluding hydrogens is 592 g/mol. The Balaban J connectivity index is 1.82. The number of esters is 1. The Morgan fingerprint density at radius 2 is 1.42 bits per heavy atom. The fraction of sp³-hybridized carbons (Fsp3) is 0.429. The Kier molecular flexibility index (Phi) is 12.7. The molecule has 45 heavy (non-hydrogen) atoms. The molecule has 0 heterocycles. The van der Waals surface area contributed by atoms with Crippen LogP contribution in [0.25, 0.3) is 0 Å². The van der Waals surface area contributed by atoms with Crippen molar-refractivity contribution in [2.75, 3.05) is 20.2 Å². The van der Waals surface area contributed by atoms with Gasteiger partial charge in [0, 0.05) is 13.1 Å². The van der Waals surface area contributed by atoms with Gasteiger partial charge in [-0.25, -0.2) is 8.42 Å². The van der Waals surface area contributed by atoms with Crippen LogP contribution in [-0.2, 0) is 37.4 Å². The number of benzene rings is 3. The zero-order valence-electron chi connectivity index (χ0n) is 27.0. The first-order valence-electron chi connectivity index (χ1n) is 15.1. The Hall–Kier alpha value is -3.73. The van der Waals surface area contributed by atoms with Crippen LogP contribution in [-0.4, -0.2) is 62.1 Å². The van der Waals surface area contributed by atoms with Crippen LogP contribution in [0, 0.1) is 17.3 Å². The van der Waals surface area contributed by atoms with Crippen molar-refractivity contribution in [1.29, 1.82) is 0 Å². The second-order valence-electron chi connectivity index (χ2n) is 12.3. The number of hydrogen-bond donors (Lipinski definition) is 2. The summed E-state index contributed by atoms with van der Waals surface area (Å²) in [5, 5.41) is 14.5. The molecular formula is C35H46N2O7S. The van der Waals surface area contributed by atoms with E-state index in [1.807, 2.05) is 74.5 Å². The number of hydrogen-bond acceptors (Lipinski definition) is 7. The number of aliphatic hydroxyl groups is 1. The molecule has 1 amide bonds. The molecule has 9 nitrogen and oxygen atoms in total. The number of aliphatic hydroxyl groups excluding tert-OH is 1. The molecule has 244 valence electrons. The van der Waals surface area contributed by atoms with Gasteiger partial charge in [0.05, 0.1) is 35.5 Å². The highest BCUT2D eigenvalue weighted by molar-refractivity contribution is 7.89. The molecule has 2 N–H and O–H groups in total. The quantitative estimate of drug-likeness (QED) is 0.216. The van der Waals surface area contributed by atoms with Gasteiger partial charge in [-0.1, -0.05) is 81.4 Å². The summed E-state index contributed by atoms with van der Waals surface area (Å²) in [5.74, 6) is -1.31. The molecule has 0 radical (unpaired) electrons.